The molecule has 12 heavy (non-hydrogen) atoms. The first-order valence-electron chi connectivity index (χ1n) is 3.13. The largest absolute Gasteiger partial charge is 0.312 e. The fourth-order valence-corrected chi connectivity index (χ4v) is 1.32. The summed E-state index contributed by atoms with van der Waals surface area (Å²) in [6.45, 7) is 0. The van der Waals surface area contributed by atoms with E-state index in [4.69, 9.17) is 5.26 Å². The molecule has 0 saturated carbocycles. The first-order valence-corrected chi connectivity index (χ1v) is 4.20. The average molecular weight is 181 g/mol. The topological polar surface area (TPSA) is 70.0 Å². The van der Waals surface area contributed by atoms with Gasteiger partial charge >= 0.3 is 0 Å². The molecule has 0 saturated heterocycles. The minimum absolute atomic E-state index is 0.0547. The molecule has 0 aromatic carbocycles. The van der Waals surface area contributed by atoms with Crippen molar-refractivity contribution in [3.63, 3.8) is 0 Å². The summed E-state index contributed by atoms with van der Waals surface area (Å²) in [5.74, 6) is 0. The molecule has 0 aromatic heterocycles. The molecule has 0 fully saturated rings. The van der Waals surface area contributed by atoms with E-state index in [1.54, 1.807) is 18.3 Å². The third kappa shape index (κ3) is 1.74. The van der Waals surface area contributed by atoms with E-state index in [9.17, 15) is 8.42 Å². The number of nitriles is 1. The van der Waals surface area contributed by atoms with Crippen molar-refractivity contribution >= 4 is 15.2 Å². The van der Waals surface area contributed by atoms with Crippen LogP contribution < -0.4 is 5.32 Å². The molecule has 1 rings (SSSR count). The van der Waals surface area contributed by atoms with Crippen LogP contribution in [0.1, 0.15) is 0 Å². The Kier molecular flexibility index (Phi) is 2.66. The smallest absolute Gasteiger partial charge is 0.220 e. The van der Waals surface area contributed by atoms with Crippen molar-refractivity contribution in [2.45, 2.75) is 6.04 Å². The Morgan fingerprint density at radius 1 is 1.67 bits per heavy atom. The molecule has 0 spiro atoms. The van der Waals surface area contributed by atoms with E-state index in [1.807, 2.05) is 0 Å². The van der Waals surface area contributed by atoms with Crippen molar-refractivity contribution in [2.75, 3.05) is 0 Å². The van der Waals surface area contributed by atoms with Crippen molar-refractivity contribution < 1.29 is 8.42 Å². The van der Waals surface area contributed by atoms with Gasteiger partial charge < -0.3 is 5.32 Å². The van der Waals surface area contributed by atoms with E-state index in [-0.39, 0.29) is 4.86 Å². The van der Waals surface area contributed by atoms with E-state index in [0.717, 1.165) is 0 Å². The third-order valence-corrected chi connectivity index (χ3v) is 2.04. The molecule has 1 N–H and O–H groups in total. The van der Waals surface area contributed by atoms with E-state index in [2.05, 4.69) is 11.4 Å². The standard InChI is InChI=1S/C7H5N2O2S/c8-5-9-6-3-1-2-4-7(6)12(10)11/h1-3,6,9H. The van der Waals surface area contributed by atoms with Crippen LogP contribution in [0.25, 0.3) is 0 Å². The second-order valence-electron chi connectivity index (χ2n) is 2.03. The van der Waals surface area contributed by atoms with E-state index < -0.39 is 16.3 Å². The zero-order chi connectivity index (χ0) is 8.97. The zero-order valence-corrected chi connectivity index (χ0v) is 6.80. The Balaban J connectivity index is 3.04. The van der Waals surface area contributed by atoms with Crippen molar-refractivity contribution in [1.82, 2.24) is 5.32 Å². The Morgan fingerprint density at radius 3 is 3.00 bits per heavy atom. The van der Waals surface area contributed by atoms with Gasteiger partial charge in [0.05, 0.1) is 6.04 Å². The van der Waals surface area contributed by atoms with Gasteiger partial charge in [0.2, 0.25) is 10.3 Å². The SMILES string of the molecule is N#CNC1C=CC=[C]C1=S(=O)=O. The lowest BCUT2D eigenvalue weighted by atomic mass is 10.1. The van der Waals surface area contributed by atoms with Crippen LogP contribution in [0.15, 0.2) is 18.2 Å². The zero-order valence-electron chi connectivity index (χ0n) is 5.98. The van der Waals surface area contributed by atoms with Crippen LogP contribution in [-0.4, -0.2) is 19.3 Å². The van der Waals surface area contributed by atoms with Crippen LogP contribution in [-0.2, 0) is 10.3 Å². The normalized spacial score (nSPS) is 20.2. The summed E-state index contributed by atoms with van der Waals surface area (Å²) in [4.78, 5) is 0.0547. The fourth-order valence-electron chi connectivity index (χ4n) is 0.809. The first-order chi connectivity index (χ1) is 5.75. The molecule has 4 nitrogen and oxygen atoms in total. The molecule has 61 valence electrons. The van der Waals surface area contributed by atoms with Gasteiger partial charge in [-0.05, 0) is 0 Å². The van der Waals surface area contributed by atoms with Crippen LogP contribution in [0, 0.1) is 17.5 Å². The summed E-state index contributed by atoms with van der Waals surface area (Å²) >= 11 is 0. The van der Waals surface area contributed by atoms with Gasteiger partial charge in [0.1, 0.15) is 4.86 Å². The summed E-state index contributed by atoms with van der Waals surface area (Å²) < 4.78 is 21.1. The highest BCUT2D eigenvalue weighted by molar-refractivity contribution is 7.73. The van der Waals surface area contributed by atoms with E-state index in [1.165, 1.54) is 6.08 Å². The van der Waals surface area contributed by atoms with Gasteiger partial charge in [-0.3, -0.25) is 0 Å². The molecule has 5 heteroatoms. The van der Waals surface area contributed by atoms with E-state index >= 15 is 0 Å². The molecule has 1 unspecified atom stereocenters. The van der Waals surface area contributed by atoms with Crippen LogP contribution in [0.2, 0.25) is 0 Å². The summed E-state index contributed by atoms with van der Waals surface area (Å²) in [5, 5.41) is 10.6. The van der Waals surface area contributed by atoms with Gasteiger partial charge in [0, 0.05) is 6.08 Å². The van der Waals surface area contributed by atoms with Crippen molar-refractivity contribution in [3.8, 4) is 6.19 Å². The monoisotopic (exact) mass is 181 g/mol. The fraction of sp³-hybridized carbons (Fsp3) is 0.143. The van der Waals surface area contributed by atoms with Crippen molar-refractivity contribution in [3.05, 3.63) is 24.3 Å². The van der Waals surface area contributed by atoms with Gasteiger partial charge in [0.15, 0.2) is 6.19 Å². The molecule has 0 heterocycles. The quantitative estimate of drug-likeness (QED) is 0.333. The Morgan fingerprint density at radius 2 is 2.42 bits per heavy atom. The first kappa shape index (κ1) is 8.56. The molecule has 0 aromatic rings. The number of rotatable bonds is 1. The number of hydrogen-bond acceptors (Lipinski definition) is 4. The molecule has 0 bridgehead atoms. The van der Waals surface area contributed by atoms with Gasteiger partial charge in [-0.1, -0.05) is 18.2 Å². The third-order valence-electron chi connectivity index (χ3n) is 1.31. The molecular formula is C7H5N2O2S. The summed E-state index contributed by atoms with van der Waals surface area (Å²) in [7, 11) is -2.32. The van der Waals surface area contributed by atoms with Gasteiger partial charge in [-0.25, -0.2) is 0 Å². The lowest BCUT2D eigenvalue weighted by Gasteiger charge is -2.09. The molecule has 0 aliphatic heterocycles. The highest BCUT2D eigenvalue weighted by Crippen LogP contribution is 1.98. The predicted octanol–water partition coefficient (Wildman–Crippen LogP) is -0.594. The van der Waals surface area contributed by atoms with Gasteiger partial charge in [-0.15, -0.1) is 0 Å². The van der Waals surface area contributed by atoms with Crippen LogP contribution >= 0.6 is 0 Å². The van der Waals surface area contributed by atoms with E-state index in [0.29, 0.717) is 0 Å². The number of nitrogens with zero attached hydrogens (tertiary/aromatic N) is 1. The molecule has 1 aliphatic carbocycles. The maximum absolute atomic E-state index is 10.5. The average Bonchev–Trinajstić information content (AvgIpc) is 2.05. The highest BCUT2D eigenvalue weighted by Gasteiger charge is 2.13. The molecule has 1 radical (unpaired) electrons. The van der Waals surface area contributed by atoms with Crippen molar-refractivity contribution in [2.24, 2.45) is 0 Å². The summed E-state index contributed by atoms with van der Waals surface area (Å²) in [5.41, 5.74) is 0. The summed E-state index contributed by atoms with van der Waals surface area (Å²) in [6, 6.07) is -0.571. The molecule has 0 amide bonds. The predicted molar refractivity (Wildman–Crippen MR) is 43.4 cm³/mol. The minimum Gasteiger partial charge on any atom is -0.312 e. The molecule has 1 aliphatic rings. The lowest BCUT2D eigenvalue weighted by Crippen LogP contribution is -2.32. The second kappa shape index (κ2) is 3.74. The van der Waals surface area contributed by atoms with Crippen LogP contribution in [0.3, 0.4) is 0 Å². The maximum Gasteiger partial charge on any atom is 0.220 e. The summed E-state index contributed by atoms with van der Waals surface area (Å²) in [6.07, 6.45) is 8.90. The Bertz CT molecular complexity index is 390. The molecular weight excluding hydrogens is 176 g/mol. The number of hydrogen-bond donors (Lipinski definition) is 1. The lowest BCUT2D eigenvalue weighted by molar-refractivity contribution is 0.626. The van der Waals surface area contributed by atoms with Crippen LogP contribution in [0.5, 0.6) is 0 Å². The minimum atomic E-state index is -2.32. The molecule has 1 atom stereocenters. The van der Waals surface area contributed by atoms with Gasteiger partial charge in [0.25, 0.3) is 0 Å². The number of nitrogens with one attached hydrogen (secondary N) is 1. The highest BCUT2D eigenvalue weighted by atomic mass is 32.2. The Labute approximate surface area is 71.3 Å². The van der Waals surface area contributed by atoms with Crippen LogP contribution in [0.4, 0.5) is 0 Å². The van der Waals surface area contributed by atoms with Crippen molar-refractivity contribution in [1.29, 1.82) is 5.26 Å². The van der Waals surface area contributed by atoms with Gasteiger partial charge in [-0.2, -0.15) is 13.7 Å². The Hall–Kier alpha value is -1.54. The second-order valence-corrected chi connectivity index (χ2v) is 2.94. The number of allylic oxidation sites excluding steroid dienone is 2. The maximum atomic E-state index is 10.5.